The van der Waals surface area contributed by atoms with Crippen LogP contribution < -0.4 is 5.73 Å². The van der Waals surface area contributed by atoms with Gasteiger partial charge in [-0.05, 0) is 24.3 Å². The number of rotatable bonds is 6. The average molecular weight is 248 g/mol. The molecule has 0 aliphatic carbocycles. The Morgan fingerprint density at radius 1 is 1.28 bits per heavy atom. The highest BCUT2D eigenvalue weighted by molar-refractivity contribution is 5.81. The van der Waals surface area contributed by atoms with Crippen LogP contribution in [0.1, 0.15) is 25.8 Å². The Hall–Kier alpha value is -1.35. The molecular weight excluding hydrogens is 224 g/mol. The first-order valence-corrected chi connectivity index (χ1v) is 6.55. The number of amides is 1. The Morgan fingerprint density at radius 3 is 2.44 bits per heavy atom. The van der Waals surface area contributed by atoms with Crippen LogP contribution in [0.5, 0.6) is 0 Å². The first-order chi connectivity index (χ1) is 8.50. The van der Waals surface area contributed by atoms with E-state index in [1.54, 1.807) is 4.90 Å². The van der Waals surface area contributed by atoms with Crippen molar-refractivity contribution in [3.8, 4) is 0 Å². The minimum absolute atomic E-state index is 0.0413. The van der Waals surface area contributed by atoms with Crippen LogP contribution in [-0.4, -0.2) is 30.4 Å². The third-order valence-electron chi connectivity index (χ3n) is 3.00. The van der Waals surface area contributed by atoms with Crippen LogP contribution in [0.2, 0.25) is 0 Å². The zero-order valence-corrected chi connectivity index (χ0v) is 11.6. The number of benzene rings is 1. The SMILES string of the molecule is CC(C)CC(N)C(=O)N(C)CCc1ccccc1. The fourth-order valence-electron chi connectivity index (χ4n) is 1.94. The lowest BCUT2D eigenvalue weighted by molar-refractivity contribution is -0.131. The number of nitrogens with zero attached hydrogens (tertiary/aromatic N) is 1. The number of carbonyl (C=O) groups excluding carboxylic acids is 1. The van der Waals surface area contributed by atoms with Gasteiger partial charge in [0.2, 0.25) is 5.91 Å². The second-order valence-electron chi connectivity index (χ2n) is 5.23. The fraction of sp³-hybridized carbons (Fsp3) is 0.533. The van der Waals surface area contributed by atoms with E-state index < -0.39 is 0 Å². The molecular formula is C15H24N2O. The highest BCUT2D eigenvalue weighted by Gasteiger charge is 2.18. The van der Waals surface area contributed by atoms with Crippen molar-refractivity contribution in [1.29, 1.82) is 0 Å². The molecule has 1 unspecified atom stereocenters. The largest absolute Gasteiger partial charge is 0.344 e. The summed E-state index contributed by atoms with van der Waals surface area (Å²) >= 11 is 0. The summed E-state index contributed by atoms with van der Waals surface area (Å²) in [4.78, 5) is 13.7. The maximum atomic E-state index is 12.0. The Bertz CT molecular complexity index is 362. The van der Waals surface area contributed by atoms with Gasteiger partial charge >= 0.3 is 0 Å². The fourth-order valence-corrected chi connectivity index (χ4v) is 1.94. The lowest BCUT2D eigenvalue weighted by Gasteiger charge is -2.22. The van der Waals surface area contributed by atoms with Gasteiger partial charge in [-0.2, -0.15) is 0 Å². The van der Waals surface area contributed by atoms with E-state index in [0.29, 0.717) is 12.5 Å². The van der Waals surface area contributed by atoms with E-state index in [0.717, 1.165) is 12.8 Å². The second kappa shape index (κ2) is 7.17. The molecule has 1 atom stereocenters. The van der Waals surface area contributed by atoms with Gasteiger partial charge in [-0.25, -0.2) is 0 Å². The summed E-state index contributed by atoms with van der Waals surface area (Å²) in [7, 11) is 1.82. The topological polar surface area (TPSA) is 46.3 Å². The van der Waals surface area contributed by atoms with Gasteiger partial charge in [-0.1, -0.05) is 44.2 Å². The number of carbonyl (C=O) groups is 1. The van der Waals surface area contributed by atoms with Crippen LogP contribution in [0.15, 0.2) is 30.3 Å². The lowest BCUT2D eigenvalue weighted by atomic mass is 10.0. The van der Waals surface area contributed by atoms with Gasteiger partial charge in [0.05, 0.1) is 6.04 Å². The van der Waals surface area contributed by atoms with Crippen LogP contribution in [0.3, 0.4) is 0 Å². The van der Waals surface area contributed by atoms with Crippen LogP contribution >= 0.6 is 0 Å². The van der Waals surface area contributed by atoms with Gasteiger partial charge in [0.25, 0.3) is 0 Å². The van der Waals surface area contributed by atoms with Crippen molar-refractivity contribution in [2.75, 3.05) is 13.6 Å². The minimum Gasteiger partial charge on any atom is -0.344 e. The van der Waals surface area contributed by atoms with E-state index >= 15 is 0 Å². The Labute approximate surface area is 110 Å². The molecule has 0 aliphatic rings. The van der Waals surface area contributed by atoms with Gasteiger partial charge in [0.1, 0.15) is 0 Å². The van der Waals surface area contributed by atoms with Crippen molar-refractivity contribution in [2.24, 2.45) is 11.7 Å². The molecule has 2 N–H and O–H groups in total. The molecule has 100 valence electrons. The first-order valence-electron chi connectivity index (χ1n) is 6.55. The zero-order chi connectivity index (χ0) is 13.5. The average Bonchev–Trinajstić information content (AvgIpc) is 2.35. The quantitative estimate of drug-likeness (QED) is 0.837. The van der Waals surface area contributed by atoms with Crippen LogP contribution in [0.4, 0.5) is 0 Å². The van der Waals surface area contributed by atoms with E-state index in [1.165, 1.54) is 5.56 Å². The zero-order valence-electron chi connectivity index (χ0n) is 11.6. The van der Waals surface area contributed by atoms with Gasteiger partial charge in [-0.3, -0.25) is 4.79 Å². The molecule has 1 aromatic carbocycles. The van der Waals surface area contributed by atoms with E-state index in [-0.39, 0.29) is 11.9 Å². The number of nitrogens with two attached hydrogens (primary N) is 1. The molecule has 0 saturated carbocycles. The molecule has 1 amide bonds. The molecule has 0 radical (unpaired) electrons. The normalized spacial score (nSPS) is 12.5. The predicted octanol–water partition coefficient (Wildman–Crippen LogP) is 2.06. The molecule has 0 aromatic heterocycles. The summed E-state index contributed by atoms with van der Waals surface area (Å²) in [6.45, 7) is 4.88. The van der Waals surface area contributed by atoms with Gasteiger partial charge in [-0.15, -0.1) is 0 Å². The Morgan fingerprint density at radius 2 is 1.89 bits per heavy atom. The standard InChI is InChI=1S/C15H24N2O/c1-12(2)11-14(16)15(18)17(3)10-9-13-7-5-4-6-8-13/h4-8,12,14H,9-11,16H2,1-3H3. The summed E-state index contributed by atoms with van der Waals surface area (Å²) in [5.41, 5.74) is 7.14. The van der Waals surface area contributed by atoms with E-state index in [1.807, 2.05) is 25.2 Å². The third-order valence-corrected chi connectivity index (χ3v) is 3.00. The van der Waals surface area contributed by atoms with Crippen molar-refractivity contribution < 1.29 is 4.79 Å². The molecule has 0 bridgehead atoms. The molecule has 3 heteroatoms. The van der Waals surface area contributed by atoms with E-state index in [4.69, 9.17) is 5.73 Å². The van der Waals surface area contributed by atoms with Gasteiger partial charge in [0.15, 0.2) is 0 Å². The van der Waals surface area contributed by atoms with Gasteiger partial charge < -0.3 is 10.6 Å². The number of likely N-dealkylation sites (N-methyl/N-ethyl adjacent to an activating group) is 1. The van der Waals surface area contributed by atoms with Gasteiger partial charge in [0, 0.05) is 13.6 Å². The molecule has 1 aromatic rings. The third kappa shape index (κ3) is 4.88. The van der Waals surface area contributed by atoms with Crippen LogP contribution in [-0.2, 0) is 11.2 Å². The monoisotopic (exact) mass is 248 g/mol. The summed E-state index contributed by atoms with van der Waals surface area (Å²) in [5.74, 6) is 0.492. The van der Waals surface area contributed by atoms with Crippen molar-refractivity contribution in [3.05, 3.63) is 35.9 Å². The molecule has 0 heterocycles. The highest BCUT2D eigenvalue weighted by atomic mass is 16.2. The van der Waals surface area contributed by atoms with E-state index in [2.05, 4.69) is 26.0 Å². The second-order valence-corrected chi connectivity index (χ2v) is 5.23. The number of hydrogen-bond donors (Lipinski definition) is 1. The van der Waals surface area contributed by atoms with Crippen molar-refractivity contribution >= 4 is 5.91 Å². The predicted molar refractivity (Wildman–Crippen MR) is 75.2 cm³/mol. The van der Waals surface area contributed by atoms with Crippen molar-refractivity contribution in [2.45, 2.75) is 32.7 Å². The summed E-state index contributed by atoms with van der Waals surface area (Å²) < 4.78 is 0. The maximum Gasteiger partial charge on any atom is 0.239 e. The smallest absolute Gasteiger partial charge is 0.239 e. The molecule has 0 spiro atoms. The van der Waals surface area contributed by atoms with Crippen LogP contribution in [0, 0.1) is 5.92 Å². The lowest BCUT2D eigenvalue weighted by Crippen LogP contribution is -2.43. The van der Waals surface area contributed by atoms with Crippen LogP contribution in [0.25, 0.3) is 0 Å². The molecule has 0 fully saturated rings. The maximum absolute atomic E-state index is 12.0. The molecule has 0 aliphatic heterocycles. The number of hydrogen-bond acceptors (Lipinski definition) is 2. The molecule has 0 saturated heterocycles. The first kappa shape index (κ1) is 14.7. The molecule has 3 nitrogen and oxygen atoms in total. The van der Waals surface area contributed by atoms with Crippen molar-refractivity contribution in [1.82, 2.24) is 4.90 Å². The molecule has 1 rings (SSSR count). The highest BCUT2D eigenvalue weighted by Crippen LogP contribution is 2.06. The van der Waals surface area contributed by atoms with Crippen molar-refractivity contribution in [3.63, 3.8) is 0 Å². The Balaban J connectivity index is 2.40. The molecule has 18 heavy (non-hydrogen) atoms. The summed E-state index contributed by atoms with van der Waals surface area (Å²) in [5, 5.41) is 0. The van der Waals surface area contributed by atoms with E-state index in [9.17, 15) is 4.79 Å². The Kier molecular flexibility index (Phi) is 5.86. The summed E-state index contributed by atoms with van der Waals surface area (Å²) in [6.07, 6.45) is 1.62. The minimum atomic E-state index is -0.370. The summed E-state index contributed by atoms with van der Waals surface area (Å²) in [6, 6.07) is 9.81.